The average molecular weight is 549 g/mol. The largest absolute Gasteiger partial charge is 0.416 e. The van der Waals surface area contributed by atoms with E-state index in [4.69, 9.17) is 0 Å². The monoisotopic (exact) mass is 548 g/mol. The van der Waals surface area contributed by atoms with Crippen molar-refractivity contribution in [1.29, 1.82) is 0 Å². The Morgan fingerprint density at radius 2 is 1.75 bits per heavy atom. The average Bonchev–Trinajstić information content (AvgIpc) is 3.58. The summed E-state index contributed by atoms with van der Waals surface area (Å²) in [7, 11) is 0. The van der Waals surface area contributed by atoms with E-state index >= 15 is 0 Å². The molecule has 2 atom stereocenters. The third kappa shape index (κ3) is 5.48. The fraction of sp³-hybridized carbons (Fsp3) is 0.355. The maximum atomic E-state index is 13.5. The second kappa shape index (κ2) is 10.7. The number of hydrogen-bond acceptors (Lipinski definition) is 4. The van der Waals surface area contributed by atoms with Gasteiger partial charge < -0.3 is 15.0 Å². The molecule has 0 spiro atoms. The lowest BCUT2D eigenvalue weighted by molar-refractivity contribution is -0.137. The summed E-state index contributed by atoms with van der Waals surface area (Å²) in [6.45, 7) is 3.09. The maximum Gasteiger partial charge on any atom is 0.416 e. The van der Waals surface area contributed by atoms with Gasteiger partial charge in [-0.3, -0.25) is 9.69 Å². The minimum Gasteiger partial charge on any atom is -0.392 e. The zero-order valence-corrected chi connectivity index (χ0v) is 22.0. The fourth-order valence-electron chi connectivity index (χ4n) is 5.87. The molecule has 2 aliphatic heterocycles. The van der Waals surface area contributed by atoms with Gasteiger partial charge >= 0.3 is 6.18 Å². The van der Waals surface area contributed by atoms with Crippen molar-refractivity contribution in [3.05, 3.63) is 77.9 Å². The van der Waals surface area contributed by atoms with Crippen molar-refractivity contribution in [2.45, 2.75) is 44.0 Å². The third-order valence-corrected chi connectivity index (χ3v) is 8.01. The van der Waals surface area contributed by atoms with Gasteiger partial charge in [0.05, 0.1) is 22.7 Å². The molecule has 3 aromatic carbocycles. The van der Waals surface area contributed by atoms with Gasteiger partial charge in [0.2, 0.25) is 0 Å². The summed E-state index contributed by atoms with van der Waals surface area (Å²) in [6, 6.07) is 18.8. The number of benzene rings is 3. The molecule has 9 heteroatoms. The number of rotatable bonds is 5. The summed E-state index contributed by atoms with van der Waals surface area (Å²) < 4.78 is 39.3. The Labute approximate surface area is 230 Å². The van der Waals surface area contributed by atoms with Gasteiger partial charge in [-0.25, -0.2) is 4.98 Å². The normalized spacial score (nSPS) is 20.4. The predicted octanol–water partition coefficient (Wildman–Crippen LogP) is 5.98. The molecule has 4 aromatic rings. The minimum atomic E-state index is -4.42. The van der Waals surface area contributed by atoms with E-state index in [0.29, 0.717) is 29.0 Å². The van der Waals surface area contributed by atoms with Crippen molar-refractivity contribution in [2.24, 2.45) is 0 Å². The van der Waals surface area contributed by atoms with Crippen LogP contribution >= 0.6 is 0 Å². The topological polar surface area (TPSA) is 72.5 Å². The molecule has 6 rings (SSSR count). The molecule has 2 N–H and O–H groups in total. The van der Waals surface area contributed by atoms with Crippen LogP contribution in [0, 0.1) is 0 Å². The number of fused-ring (bicyclic) bond motifs is 1. The second-order valence-electron chi connectivity index (χ2n) is 10.8. The van der Waals surface area contributed by atoms with Gasteiger partial charge in [0.25, 0.3) is 5.91 Å². The Hall–Kier alpha value is -3.69. The molecule has 2 aliphatic rings. The lowest BCUT2D eigenvalue weighted by Crippen LogP contribution is -2.49. The van der Waals surface area contributed by atoms with Crippen LogP contribution in [0.1, 0.15) is 41.6 Å². The van der Waals surface area contributed by atoms with Crippen LogP contribution in [-0.2, 0) is 6.18 Å². The summed E-state index contributed by atoms with van der Waals surface area (Å²) in [5.74, 6) is 0.523. The molecule has 1 aromatic heterocycles. The number of carbonyl (C=O) groups excluding carboxylic acids is 1. The molecular weight excluding hydrogens is 517 g/mol. The van der Waals surface area contributed by atoms with Crippen LogP contribution in [0.4, 0.5) is 13.2 Å². The molecule has 208 valence electrons. The summed E-state index contributed by atoms with van der Waals surface area (Å²) in [5, 5.41) is 9.89. The fourth-order valence-corrected chi connectivity index (χ4v) is 5.87. The van der Waals surface area contributed by atoms with E-state index in [9.17, 15) is 23.1 Å². The smallest absolute Gasteiger partial charge is 0.392 e. The van der Waals surface area contributed by atoms with E-state index in [1.165, 1.54) is 6.07 Å². The number of imidazole rings is 1. The number of aromatic amines is 1. The van der Waals surface area contributed by atoms with Gasteiger partial charge in [0, 0.05) is 43.3 Å². The molecule has 0 aliphatic carbocycles. The van der Waals surface area contributed by atoms with Gasteiger partial charge in [0.15, 0.2) is 0 Å². The van der Waals surface area contributed by atoms with Crippen LogP contribution in [-0.4, -0.2) is 69.1 Å². The van der Waals surface area contributed by atoms with Crippen molar-refractivity contribution in [2.75, 3.05) is 26.2 Å². The molecule has 0 saturated carbocycles. The summed E-state index contributed by atoms with van der Waals surface area (Å²) in [4.78, 5) is 25.2. The zero-order chi connectivity index (χ0) is 27.9. The second-order valence-corrected chi connectivity index (χ2v) is 10.8. The number of halogens is 3. The Balaban J connectivity index is 1.19. The molecule has 3 heterocycles. The number of aliphatic hydroxyl groups is 1. The van der Waals surface area contributed by atoms with E-state index in [-0.39, 0.29) is 18.1 Å². The number of H-pyrrole nitrogens is 1. The number of carbonyl (C=O) groups is 1. The van der Waals surface area contributed by atoms with Gasteiger partial charge in [-0.2, -0.15) is 13.2 Å². The number of nitrogens with zero attached hydrogens (tertiary/aromatic N) is 3. The summed E-state index contributed by atoms with van der Waals surface area (Å²) in [6.07, 6.45) is -0.822. The first-order chi connectivity index (χ1) is 19.2. The quantitative estimate of drug-likeness (QED) is 0.322. The predicted molar refractivity (Wildman–Crippen MR) is 148 cm³/mol. The van der Waals surface area contributed by atoms with Crippen molar-refractivity contribution in [3.8, 4) is 22.5 Å². The number of nitrogens with one attached hydrogen (secondary N) is 1. The van der Waals surface area contributed by atoms with Gasteiger partial charge in [-0.05, 0) is 73.2 Å². The highest BCUT2D eigenvalue weighted by Crippen LogP contribution is 2.32. The van der Waals surface area contributed by atoms with Gasteiger partial charge in [-0.15, -0.1) is 0 Å². The van der Waals surface area contributed by atoms with Gasteiger partial charge in [0.1, 0.15) is 5.82 Å². The lowest BCUT2D eigenvalue weighted by Gasteiger charge is -2.38. The Bertz CT molecular complexity index is 1520. The Morgan fingerprint density at radius 1 is 0.950 bits per heavy atom. The van der Waals surface area contributed by atoms with Crippen molar-refractivity contribution < 1.29 is 23.1 Å². The number of β-amino-alcohol motifs (C(OH)–C–C–N with tert-alkyl or cyclic N) is 1. The molecule has 6 nitrogen and oxygen atoms in total. The molecule has 0 bridgehead atoms. The van der Waals surface area contributed by atoms with Crippen molar-refractivity contribution >= 4 is 16.9 Å². The zero-order valence-electron chi connectivity index (χ0n) is 22.0. The Morgan fingerprint density at radius 3 is 2.50 bits per heavy atom. The van der Waals surface area contributed by atoms with E-state index in [1.54, 1.807) is 0 Å². The van der Waals surface area contributed by atoms with Crippen LogP contribution in [0.3, 0.4) is 0 Å². The maximum absolute atomic E-state index is 13.5. The molecule has 2 unspecified atom stereocenters. The summed E-state index contributed by atoms with van der Waals surface area (Å²) in [5.41, 5.74) is 3.32. The highest BCUT2D eigenvalue weighted by Gasteiger charge is 2.32. The molecule has 1 amide bonds. The third-order valence-electron chi connectivity index (χ3n) is 8.01. The van der Waals surface area contributed by atoms with Crippen LogP contribution < -0.4 is 0 Å². The molecule has 2 fully saturated rings. The number of amides is 1. The molecule has 2 saturated heterocycles. The van der Waals surface area contributed by atoms with E-state index < -0.39 is 11.7 Å². The van der Waals surface area contributed by atoms with E-state index in [1.807, 2.05) is 53.4 Å². The number of aliphatic hydroxyl groups excluding tert-OH is 1. The van der Waals surface area contributed by atoms with Crippen molar-refractivity contribution in [3.63, 3.8) is 0 Å². The highest BCUT2D eigenvalue weighted by molar-refractivity contribution is 5.95. The number of aromatic nitrogens is 2. The minimum absolute atomic E-state index is 0.0326. The number of piperidine rings is 1. The first-order valence-electron chi connectivity index (χ1n) is 13.7. The van der Waals surface area contributed by atoms with Crippen LogP contribution in [0.25, 0.3) is 33.5 Å². The summed E-state index contributed by atoms with van der Waals surface area (Å²) >= 11 is 0. The number of alkyl halides is 3. The number of hydrogen-bond donors (Lipinski definition) is 2. The molecular formula is C31H31F3N4O2. The highest BCUT2D eigenvalue weighted by atomic mass is 19.4. The van der Waals surface area contributed by atoms with Crippen molar-refractivity contribution in [1.82, 2.24) is 19.8 Å². The lowest BCUT2D eigenvalue weighted by atomic mass is 9.98. The van der Waals surface area contributed by atoms with Crippen LogP contribution in [0.5, 0.6) is 0 Å². The van der Waals surface area contributed by atoms with E-state index in [2.05, 4.69) is 14.9 Å². The van der Waals surface area contributed by atoms with E-state index in [0.717, 1.165) is 74.1 Å². The van der Waals surface area contributed by atoms with Crippen LogP contribution in [0.15, 0.2) is 66.7 Å². The SMILES string of the molecule is O=C(c1ccc(-c2cccc(-c3nc4ccc(C(F)(F)F)cc4[nH]3)c2)cc1)N1CCCCC1CN1CCC(O)C1. The molecule has 40 heavy (non-hydrogen) atoms. The molecule has 0 radical (unpaired) electrons. The number of likely N-dealkylation sites (tertiary alicyclic amines) is 2. The Kier molecular flexibility index (Phi) is 7.10. The first-order valence-corrected chi connectivity index (χ1v) is 13.7. The first kappa shape index (κ1) is 26.5. The standard InChI is InChI=1S/C31H31F3N4O2/c32-31(33,34)24-11-12-27-28(17-24)36-29(35-27)23-5-3-4-22(16-23)20-7-9-21(10-8-20)30(40)38-14-2-1-6-25(38)18-37-15-13-26(39)19-37/h3-5,7-12,16-17,25-26,39H,1-2,6,13-15,18-19H2,(H,35,36). The van der Waals surface area contributed by atoms with Crippen LogP contribution in [0.2, 0.25) is 0 Å². The van der Waals surface area contributed by atoms with Gasteiger partial charge in [-0.1, -0.05) is 30.3 Å².